The van der Waals surface area contributed by atoms with Crippen molar-refractivity contribution in [3.8, 4) is 5.75 Å². The Labute approximate surface area is 124 Å². The standard InChI is InChI=1S/C15H19ClN2O2/c16-10-15(19)18-6-4-17(5-7-18)11-12-1-2-14-13(9-12)3-8-20-14/h1-2,9H,3-8,10-11H2. The quantitative estimate of drug-likeness (QED) is 0.792. The van der Waals surface area contributed by atoms with E-state index in [4.69, 9.17) is 16.3 Å². The van der Waals surface area contributed by atoms with Gasteiger partial charge in [0, 0.05) is 39.1 Å². The van der Waals surface area contributed by atoms with Crippen LogP contribution in [0.4, 0.5) is 0 Å². The van der Waals surface area contributed by atoms with Crippen molar-refractivity contribution >= 4 is 17.5 Å². The number of carbonyl (C=O) groups is 1. The lowest BCUT2D eigenvalue weighted by atomic mass is 10.1. The molecule has 0 spiro atoms. The topological polar surface area (TPSA) is 32.8 Å². The van der Waals surface area contributed by atoms with Crippen molar-refractivity contribution < 1.29 is 9.53 Å². The molecule has 1 fully saturated rings. The summed E-state index contributed by atoms with van der Waals surface area (Å²) in [6.07, 6.45) is 1.02. The van der Waals surface area contributed by atoms with Gasteiger partial charge in [-0.05, 0) is 17.2 Å². The summed E-state index contributed by atoms with van der Waals surface area (Å²) in [5.41, 5.74) is 2.64. The average Bonchev–Trinajstić information content (AvgIpc) is 2.95. The van der Waals surface area contributed by atoms with Crippen molar-refractivity contribution in [1.82, 2.24) is 9.80 Å². The Hall–Kier alpha value is -1.26. The van der Waals surface area contributed by atoms with Crippen molar-refractivity contribution in [2.24, 2.45) is 0 Å². The molecule has 0 bridgehead atoms. The van der Waals surface area contributed by atoms with E-state index in [0.29, 0.717) is 0 Å². The number of hydrogen-bond acceptors (Lipinski definition) is 3. The molecule has 1 aromatic rings. The third kappa shape index (κ3) is 2.91. The van der Waals surface area contributed by atoms with Crippen molar-refractivity contribution in [2.75, 3.05) is 38.7 Å². The molecule has 20 heavy (non-hydrogen) atoms. The fraction of sp³-hybridized carbons (Fsp3) is 0.533. The van der Waals surface area contributed by atoms with E-state index in [1.54, 1.807) is 0 Å². The summed E-state index contributed by atoms with van der Waals surface area (Å²) in [4.78, 5) is 15.8. The molecular weight excluding hydrogens is 276 g/mol. The molecule has 0 aromatic heterocycles. The fourth-order valence-electron chi connectivity index (χ4n) is 2.84. The Balaban J connectivity index is 1.56. The van der Waals surface area contributed by atoms with Gasteiger partial charge in [0.15, 0.2) is 0 Å². The molecule has 4 nitrogen and oxygen atoms in total. The van der Waals surface area contributed by atoms with Gasteiger partial charge in [-0.15, -0.1) is 11.6 Å². The molecule has 1 aromatic carbocycles. The molecule has 2 heterocycles. The van der Waals surface area contributed by atoms with E-state index >= 15 is 0 Å². The van der Waals surface area contributed by atoms with Gasteiger partial charge >= 0.3 is 0 Å². The molecule has 0 aliphatic carbocycles. The maximum absolute atomic E-state index is 11.5. The molecule has 2 aliphatic rings. The van der Waals surface area contributed by atoms with Gasteiger partial charge < -0.3 is 9.64 Å². The predicted molar refractivity (Wildman–Crippen MR) is 78.2 cm³/mol. The lowest BCUT2D eigenvalue weighted by molar-refractivity contribution is -0.130. The van der Waals surface area contributed by atoms with Gasteiger partial charge in [0.05, 0.1) is 6.61 Å². The second-order valence-electron chi connectivity index (χ2n) is 5.33. The first-order chi connectivity index (χ1) is 9.76. The lowest BCUT2D eigenvalue weighted by Crippen LogP contribution is -2.48. The minimum absolute atomic E-state index is 0.0426. The third-order valence-electron chi connectivity index (χ3n) is 4.00. The summed E-state index contributed by atoms with van der Waals surface area (Å²) in [6.45, 7) is 5.12. The number of rotatable bonds is 3. The smallest absolute Gasteiger partial charge is 0.237 e. The van der Waals surface area contributed by atoms with E-state index in [2.05, 4.69) is 23.1 Å². The Morgan fingerprint density at radius 1 is 1.25 bits per heavy atom. The van der Waals surface area contributed by atoms with Crippen LogP contribution in [0.1, 0.15) is 11.1 Å². The molecule has 2 aliphatic heterocycles. The number of ether oxygens (including phenoxy) is 1. The molecule has 0 saturated carbocycles. The highest BCUT2D eigenvalue weighted by Gasteiger charge is 2.21. The van der Waals surface area contributed by atoms with E-state index in [1.165, 1.54) is 11.1 Å². The van der Waals surface area contributed by atoms with Crippen LogP contribution < -0.4 is 4.74 Å². The highest BCUT2D eigenvalue weighted by molar-refractivity contribution is 6.27. The van der Waals surface area contributed by atoms with Gasteiger partial charge in [0.25, 0.3) is 0 Å². The second-order valence-corrected chi connectivity index (χ2v) is 5.60. The van der Waals surface area contributed by atoms with Crippen LogP contribution in [0.25, 0.3) is 0 Å². The van der Waals surface area contributed by atoms with E-state index in [1.807, 2.05) is 4.90 Å². The summed E-state index contributed by atoms with van der Waals surface area (Å²) >= 11 is 5.59. The molecule has 0 N–H and O–H groups in total. The predicted octanol–water partition coefficient (Wildman–Crippen LogP) is 1.50. The Morgan fingerprint density at radius 3 is 2.80 bits per heavy atom. The molecular formula is C15H19ClN2O2. The molecule has 0 atom stereocenters. The molecule has 1 amide bonds. The molecule has 0 radical (unpaired) electrons. The largest absolute Gasteiger partial charge is 0.493 e. The number of halogens is 1. The van der Waals surface area contributed by atoms with E-state index in [9.17, 15) is 4.79 Å². The van der Waals surface area contributed by atoms with Gasteiger partial charge in [0.1, 0.15) is 11.6 Å². The van der Waals surface area contributed by atoms with E-state index < -0.39 is 0 Å². The molecule has 3 rings (SSSR count). The number of benzene rings is 1. The van der Waals surface area contributed by atoms with Crippen molar-refractivity contribution in [1.29, 1.82) is 0 Å². The maximum Gasteiger partial charge on any atom is 0.237 e. The maximum atomic E-state index is 11.5. The van der Waals surface area contributed by atoms with Crippen LogP contribution in [-0.2, 0) is 17.8 Å². The van der Waals surface area contributed by atoms with Crippen LogP contribution in [-0.4, -0.2) is 54.4 Å². The Bertz CT molecular complexity index is 499. The lowest BCUT2D eigenvalue weighted by Gasteiger charge is -2.34. The number of nitrogens with zero attached hydrogens (tertiary/aromatic N) is 2. The molecule has 1 saturated heterocycles. The van der Waals surface area contributed by atoms with Crippen LogP contribution in [0, 0.1) is 0 Å². The molecule has 108 valence electrons. The minimum atomic E-state index is 0.0426. The Morgan fingerprint density at radius 2 is 2.05 bits per heavy atom. The molecule has 0 unspecified atom stereocenters. The summed E-state index contributed by atoms with van der Waals surface area (Å²) in [7, 11) is 0. The first-order valence-corrected chi connectivity index (χ1v) is 7.60. The van der Waals surface area contributed by atoms with Gasteiger partial charge in [-0.3, -0.25) is 9.69 Å². The number of piperazine rings is 1. The monoisotopic (exact) mass is 294 g/mol. The van der Waals surface area contributed by atoms with E-state index in [0.717, 1.165) is 51.5 Å². The molecule has 5 heteroatoms. The van der Waals surface area contributed by atoms with Crippen LogP contribution >= 0.6 is 11.6 Å². The SMILES string of the molecule is O=C(CCl)N1CCN(Cc2ccc3c(c2)CCO3)CC1. The van der Waals surface area contributed by atoms with Crippen molar-refractivity contribution in [3.63, 3.8) is 0 Å². The number of amides is 1. The van der Waals surface area contributed by atoms with Gasteiger partial charge in [-0.25, -0.2) is 0 Å². The van der Waals surface area contributed by atoms with Crippen LogP contribution in [0.2, 0.25) is 0 Å². The van der Waals surface area contributed by atoms with Gasteiger partial charge in [-0.2, -0.15) is 0 Å². The van der Waals surface area contributed by atoms with Gasteiger partial charge in [0.2, 0.25) is 5.91 Å². The van der Waals surface area contributed by atoms with Gasteiger partial charge in [-0.1, -0.05) is 12.1 Å². The number of alkyl halides is 1. The summed E-state index contributed by atoms with van der Waals surface area (Å²) in [6, 6.07) is 6.46. The van der Waals surface area contributed by atoms with E-state index in [-0.39, 0.29) is 11.8 Å². The van der Waals surface area contributed by atoms with Crippen LogP contribution in [0.15, 0.2) is 18.2 Å². The first kappa shape index (κ1) is 13.7. The zero-order valence-electron chi connectivity index (χ0n) is 11.5. The number of hydrogen-bond donors (Lipinski definition) is 0. The summed E-state index contributed by atoms with van der Waals surface area (Å²) < 4.78 is 5.53. The first-order valence-electron chi connectivity index (χ1n) is 7.07. The zero-order valence-corrected chi connectivity index (χ0v) is 12.2. The minimum Gasteiger partial charge on any atom is -0.493 e. The number of fused-ring (bicyclic) bond motifs is 1. The van der Waals surface area contributed by atoms with Crippen molar-refractivity contribution in [2.45, 2.75) is 13.0 Å². The number of carbonyl (C=O) groups excluding carboxylic acids is 1. The normalized spacial score (nSPS) is 18.8. The van der Waals surface area contributed by atoms with Crippen LogP contribution in [0.5, 0.6) is 5.75 Å². The zero-order chi connectivity index (χ0) is 13.9. The highest BCUT2D eigenvalue weighted by Crippen LogP contribution is 2.26. The second kappa shape index (κ2) is 6.02. The van der Waals surface area contributed by atoms with Crippen LogP contribution in [0.3, 0.4) is 0 Å². The van der Waals surface area contributed by atoms with Crippen molar-refractivity contribution in [3.05, 3.63) is 29.3 Å². The summed E-state index contributed by atoms with van der Waals surface area (Å²) in [5.74, 6) is 1.16. The highest BCUT2D eigenvalue weighted by atomic mass is 35.5. The third-order valence-corrected chi connectivity index (χ3v) is 4.23. The average molecular weight is 295 g/mol. The summed E-state index contributed by atoms with van der Waals surface area (Å²) in [5, 5.41) is 0. The fourth-order valence-corrected chi connectivity index (χ4v) is 3.01. The Kier molecular flexibility index (Phi) is 4.13.